The van der Waals surface area contributed by atoms with Gasteiger partial charge >= 0.3 is 0 Å². The molecule has 0 heterocycles. The van der Waals surface area contributed by atoms with Crippen LogP contribution in [-0.4, -0.2) is 18.8 Å². The summed E-state index contributed by atoms with van der Waals surface area (Å²) in [6.45, 7) is 14.2. The smallest absolute Gasteiger partial charge is 0.123 e. The molecule has 2 heteroatoms. The van der Waals surface area contributed by atoms with Gasteiger partial charge < -0.3 is 9.84 Å². The standard InChI is InChI=1S/C27H42O2/c1-8-9-10-11-12-26(3,4)20-13-18(2)25(24(15-20)29-7)21-14-19(17-28)22-16-23(21)27(22,5)6/h13-15,21-23,28H,8-12,16-17H2,1-7H3/t21-,22+,23-/m1/s1. The second kappa shape index (κ2) is 8.46. The van der Waals surface area contributed by atoms with Crippen LogP contribution in [0.5, 0.6) is 5.75 Å². The lowest BCUT2D eigenvalue weighted by Gasteiger charge is -2.59. The number of ether oxygens (including phenoxy) is 1. The summed E-state index contributed by atoms with van der Waals surface area (Å²) in [5, 5.41) is 9.95. The van der Waals surface area contributed by atoms with Gasteiger partial charge in [-0.05, 0) is 65.2 Å². The Labute approximate surface area is 178 Å². The molecular weight excluding hydrogens is 356 g/mol. The van der Waals surface area contributed by atoms with Crippen molar-refractivity contribution in [2.45, 2.75) is 91.4 Å². The molecule has 4 rings (SSSR count). The van der Waals surface area contributed by atoms with E-state index in [0.29, 0.717) is 17.8 Å². The number of rotatable bonds is 9. The van der Waals surface area contributed by atoms with Gasteiger partial charge in [-0.25, -0.2) is 0 Å². The van der Waals surface area contributed by atoms with Gasteiger partial charge in [0.15, 0.2) is 0 Å². The minimum absolute atomic E-state index is 0.157. The molecule has 1 aromatic carbocycles. The zero-order chi connectivity index (χ0) is 21.4. The fourth-order valence-corrected chi connectivity index (χ4v) is 6.00. The van der Waals surface area contributed by atoms with Crippen molar-refractivity contribution >= 4 is 0 Å². The van der Waals surface area contributed by atoms with Crippen molar-refractivity contribution in [2.75, 3.05) is 13.7 Å². The maximum atomic E-state index is 9.95. The number of hydrogen-bond acceptors (Lipinski definition) is 2. The largest absolute Gasteiger partial charge is 0.496 e. The number of benzene rings is 1. The second-order valence-electron chi connectivity index (χ2n) is 10.7. The van der Waals surface area contributed by atoms with Gasteiger partial charge in [-0.2, -0.15) is 0 Å². The Hall–Kier alpha value is -1.28. The predicted octanol–water partition coefficient (Wildman–Crippen LogP) is 6.93. The molecule has 162 valence electrons. The normalized spacial score (nSPS) is 25.4. The lowest BCUT2D eigenvalue weighted by atomic mass is 9.45. The van der Waals surface area contributed by atoms with E-state index in [4.69, 9.17) is 4.74 Å². The van der Waals surface area contributed by atoms with Gasteiger partial charge in [-0.15, -0.1) is 0 Å². The van der Waals surface area contributed by atoms with Crippen molar-refractivity contribution in [2.24, 2.45) is 17.3 Å². The molecule has 0 aliphatic heterocycles. The summed E-state index contributed by atoms with van der Waals surface area (Å²) in [5.74, 6) is 2.54. The fraction of sp³-hybridized carbons (Fsp3) is 0.704. The lowest BCUT2D eigenvalue weighted by molar-refractivity contribution is -0.0258. The van der Waals surface area contributed by atoms with Crippen LogP contribution in [0.25, 0.3) is 0 Å². The third kappa shape index (κ3) is 4.02. The van der Waals surface area contributed by atoms with Crippen LogP contribution in [0.2, 0.25) is 0 Å². The topological polar surface area (TPSA) is 29.5 Å². The summed E-state index contributed by atoms with van der Waals surface area (Å²) in [7, 11) is 1.81. The molecule has 2 nitrogen and oxygen atoms in total. The van der Waals surface area contributed by atoms with Gasteiger partial charge in [0, 0.05) is 11.5 Å². The molecule has 29 heavy (non-hydrogen) atoms. The Morgan fingerprint density at radius 1 is 1.17 bits per heavy atom. The van der Waals surface area contributed by atoms with Gasteiger partial charge in [0.2, 0.25) is 0 Å². The summed E-state index contributed by atoms with van der Waals surface area (Å²) >= 11 is 0. The van der Waals surface area contributed by atoms with Crippen molar-refractivity contribution in [1.82, 2.24) is 0 Å². The summed E-state index contributed by atoms with van der Waals surface area (Å²) in [4.78, 5) is 0. The highest BCUT2D eigenvalue weighted by Crippen LogP contribution is 2.64. The van der Waals surface area contributed by atoms with Crippen molar-refractivity contribution < 1.29 is 9.84 Å². The third-order valence-electron chi connectivity index (χ3n) is 8.14. The van der Waals surface area contributed by atoms with Crippen LogP contribution in [0.3, 0.4) is 0 Å². The number of hydrogen-bond donors (Lipinski definition) is 1. The van der Waals surface area contributed by atoms with E-state index in [9.17, 15) is 5.11 Å². The molecule has 0 unspecified atom stereocenters. The number of aliphatic hydroxyl groups excluding tert-OH is 1. The molecule has 0 amide bonds. The van der Waals surface area contributed by atoms with Gasteiger partial charge in [0.1, 0.15) is 5.75 Å². The number of fused-ring (bicyclic) bond motifs is 1. The zero-order valence-corrected chi connectivity index (χ0v) is 19.8. The average Bonchev–Trinajstić information content (AvgIpc) is 2.69. The minimum atomic E-state index is 0.157. The molecule has 1 fully saturated rings. The van der Waals surface area contributed by atoms with E-state index in [1.807, 2.05) is 7.11 Å². The first-order chi connectivity index (χ1) is 13.7. The van der Waals surface area contributed by atoms with E-state index in [2.05, 4.69) is 59.8 Å². The zero-order valence-electron chi connectivity index (χ0n) is 19.8. The highest BCUT2D eigenvalue weighted by atomic mass is 16.5. The Balaban J connectivity index is 1.94. The number of methoxy groups -OCH3 is 1. The van der Waals surface area contributed by atoms with Crippen LogP contribution < -0.4 is 4.74 Å². The third-order valence-corrected chi connectivity index (χ3v) is 8.14. The highest BCUT2D eigenvalue weighted by Gasteiger charge is 2.55. The lowest BCUT2D eigenvalue weighted by Crippen LogP contribution is -2.51. The van der Waals surface area contributed by atoms with E-state index >= 15 is 0 Å². The molecule has 1 aromatic rings. The molecule has 0 radical (unpaired) electrons. The molecule has 3 aliphatic carbocycles. The van der Waals surface area contributed by atoms with Crippen LogP contribution in [0.4, 0.5) is 0 Å². The monoisotopic (exact) mass is 398 g/mol. The second-order valence-corrected chi connectivity index (χ2v) is 10.7. The van der Waals surface area contributed by atoms with Crippen molar-refractivity contribution in [3.05, 3.63) is 40.5 Å². The van der Waals surface area contributed by atoms with Gasteiger partial charge in [0.25, 0.3) is 0 Å². The molecule has 0 spiro atoms. The number of unbranched alkanes of at least 4 members (excludes halogenated alkanes) is 3. The van der Waals surface area contributed by atoms with Crippen LogP contribution in [0.15, 0.2) is 23.8 Å². The summed E-state index contributed by atoms with van der Waals surface area (Å²) in [6, 6.07) is 4.70. The minimum Gasteiger partial charge on any atom is -0.496 e. The highest BCUT2D eigenvalue weighted by molar-refractivity contribution is 5.51. The van der Waals surface area contributed by atoms with Gasteiger partial charge in [0.05, 0.1) is 13.7 Å². The SMILES string of the molecule is CCCCCCC(C)(C)c1cc(C)c([C@@H]2C=C(CO)[C@@H]3C[C@H]2C3(C)C)c(OC)c1. The molecule has 3 atom stereocenters. The van der Waals surface area contributed by atoms with Crippen molar-refractivity contribution in [3.8, 4) is 5.75 Å². The first kappa shape index (κ1) is 22.4. The molecule has 1 saturated carbocycles. The predicted molar refractivity (Wildman–Crippen MR) is 123 cm³/mol. The number of allylic oxidation sites excluding steroid dienone is 1. The molecule has 0 aromatic heterocycles. The van der Waals surface area contributed by atoms with E-state index in [0.717, 1.165) is 5.75 Å². The van der Waals surface area contributed by atoms with E-state index in [1.165, 1.54) is 60.8 Å². The van der Waals surface area contributed by atoms with Crippen LogP contribution in [0, 0.1) is 24.2 Å². The molecule has 1 N–H and O–H groups in total. The Bertz CT molecular complexity index is 756. The molecule has 3 aliphatic rings. The molecule has 2 bridgehead atoms. The number of aliphatic hydroxyl groups is 1. The van der Waals surface area contributed by atoms with Gasteiger partial charge in [-0.1, -0.05) is 72.4 Å². The fourth-order valence-electron chi connectivity index (χ4n) is 6.00. The van der Waals surface area contributed by atoms with E-state index in [1.54, 1.807) is 0 Å². The first-order valence-electron chi connectivity index (χ1n) is 11.7. The maximum absolute atomic E-state index is 9.95. The first-order valence-corrected chi connectivity index (χ1v) is 11.7. The maximum Gasteiger partial charge on any atom is 0.123 e. The van der Waals surface area contributed by atoms with Crippen LogP contribution >= 0.6 is 0 Å². The average molecular weight is 399 g/mol. The Kier molecular flexibility index (Phi) is 6.53. The van der Waals surface area contributed by atoms with Crippen molar-refractivity contribution in [3.63, 3.8) is 0 Å². The molecular formula is C27H42O2. The van der Waals surface area contributed by atoms with Crippen LogP contribution in [-0.2, 0) is 5.41 Å². The molecule has 0 saturated heterocycles. The van der Waals surface area contributed by atoms with Crippen LogP contribution in [0.1, 0.15) is 95.8 Å². The summed E-state index contributed by atoms with van der Waals surface area (Å²) in [6.07, 6.45) is 9.98. The van der Waals surface area contributed by atoms with E-state index < -0.39 is 0 Å². The van der Waals surface area contributed by atoms with E-state index in [-0.39, 0.29) is 17.4 Å². The quantitative estimate of drug-likeness (QED) is 0.361. The Morgan fingerprint density at radius 3 is 2.48 bits per heavy atom. The van der Waals surface area contributed by atoms with Crippen molar-refractivity contribution in [1.29, 1.82) is 0 Å². The Morgan fingerprint density at radius 2 is 1.90 bits per heavy atom. The number of aryl methyl sites for hydroxylation is 1. The summed E-state index contributed by atoms with van der Waals surface area (Å²) in [5.41, 5.74) is 5.70. The van der Waals surface area contributed by atoms with Gasteiger partial charge in [-0.3, -0.25) is 0 Å². The summed E-state index contributed by atoms with van der Waals surface area (Å²) < 4.78 is 5.97.